The number of nitrogens with one attached hydrogen (secondary N) is 1. The molecule has 0 saturated heterocycles. The minimum absolute atomic E-state index is 0.0923. The molecule has 5 heteroatoms. The number of hydrogen-bond acceptors (Lipinski definition) is 3. The Balaban J connectivity index is 1.99. The predicted octanol–water partition coefficient (Wildman–Crippen LogP) is 3.07. The molecule has 0 unspecified atom stereocenters. The maximum Gasteiger partial charge on any atom is 0.224 e. The SMILES string of the molecule is CCCOc1cc(F)ccc1NC(=O)C[C@@H]1CCC[C@H]1N. The summed E-state index contributed by atoms with van der Waals surface area (Å²) in [6.07, 6.45) is 4.30. The van der Waals surface area contributed by atoms with Gasteiger partial charge >= 0.3 is 0 Å². The van der Waals surface area contributed by atoms with E-state index in [9.17, 15) is 9.18 Å². The maximum absolute atomic E-state index is 13.3. The molecule has 1 aromatic rings. The Bertz CT molecular complexity index is 493. The van der Waals surface area contributed by atoms with Crippen LogP contribution >= 0.6 is 0 Å². The molecule has 1 aromatic carbocycles. The van der Waals surface area contributed by atoms with E-state index in [0.29, 0.717) is 24.5 Å². The van der Waals surface area contributed by atoms with Gasteiger partial charge in [0.25, 0.3) is 0 Å². The van der Waals surface area contributed by atoms with Crippen molar-refractivity contribution in [1.82, 2.24) is 0 Å². The zero-order valence-electron chi connectivity index (χ0n) is 12.4. The molecule has 0 radical (unpaired) electrons. The number of rotatable bonds is 6. The van der Waals surface area contributed by atoms with Crippen molar-refractivity contribution in [3.63, 3.8) is 0 Å². The van der Waals surface area contributed by atoms with E-state index >= 15 is 0 Å². The van der Waals surface area contributed by atoms with E-state index in [1.165, 1.54) is 18.2 Å². The van der Waals surface area contributed by atoms with Gasteiger partial charge in [0.15, 0.2) is 0 Å². The number of hydrogen-bond donors (Lipinski definition) is 2. The summed E-state index contributed by atoms with van der Waals surface area (Å²) in [6, 6.07) is 4.26. The first-order valence-corrected chi connectivity index (χ1v) is 7.58. The average Bonchev–Trinajstić information content (AvgIpc) is 2.84. The van der Waals surface area contributed by atoms with E-state index in [4.69, 9.17) is 10.5 Å². The molecule has 2 atom stereocenters. The van der Waals surface area contributed by atoms with Gasteiger partial charge in [0.05, 0.1) is 12.3 Å². The van der Waals surface area contributed by atoms with Gasteiger partial charge < -0.3 is 15.8 Å². The molecule has 1 aliphatic carbocycles. The van der Waals surface area contributed by atoms with E-state index in [-0.39, 0.29) is 23.7 Å². The number of nitrogens with two attached hydrogens (primary N) is 1. The smallest absolute Gasteiger partial charge is 0.224 e. The van der Waals surface area contributed by atoms with Crippen LogP contribution in [0.1, 0.15) is 39.0 Å². The summed E-state index contributed by atoms with van der Waals surface area (Å²) in [7, 11) is 0. The zero-order valence-corrected chi connectivity index (χ0v) is 12.4. The second-order valence-corrected chi connectivity index (χ2v) is 5.60. The van der Waals surface area contributed by atoms with Gasteiger partial charge in [-0.15, -0.1) is 0 Å². The van der Waals surface area contributed by atoms with Crippen molar-refractivity contribution in [2.24, 2.45) is 11.7 Å². The van der Waals surface area contributed by atoms with Crippen molar-refractivity contribution in [1.29, 1.82) is 0 Å². The summed E-state index contributed by atoms with van der Waals surface area (Å²) in [5, 5.41) is 2.81. The molecule has 0 spiro atoms. The van der Waals surface area contributed by atoms with Gasteiger partial charge in [-0.05, 0) is 37.3 Å². The third-order valence-electron chi connectivity index (χ3n) is 3.84. The number of amides is 1. The lowest BCUT2D eigenvalue weighted by molar-refractivity contribution is -0.117. The first-order chi connectivity index (χ1) is 10.1. The van der Waals surface area contributed by atoms with Gasteiger partial charge in [0.1, 0.15) is 11.6 Å². The van der Waals surface area contributed by atoms with Crippen molar-refractivity contribution in [2.75, 3.05) is 11.9 Å². The van der Waals surface area contributed by atoms with Crippen LogP contribution in [0, 0.1) is 11.7 Å². The number of halogens is 1. The van der Waals surface area contributed by atoms with E-state index in [1.54, 1.807) is 0 Å². The molecule has 1 saturated carbocycles. The van der Waals surface area contributed by atoms with Crippen LogP contribution in [0.5, 0.6) is 5.75 Å². The summed E-state index contributed by atoms with van der Waals surface area (Å²) in [6.45, 7) is 2.46. The van der Waals surface area contributed by atoms with Crippen molar-refractivity contribution in [3.05, 3.63) is 24.0 Å². The summed E-state index contributed by atoms with van der Waals surface area (Å²) in [5.74, 6) is 0.147. The van der Waals surface area contributed by atoms with E-state index in [0.717, 1.165) is 25.7 Å². The molecule has 0 heterocycles. The molecular weight excluding hydrogens is 271 g/mol. The summed E-state index contributed by atoms with van der Waals surface area (Å²) in [5.41, 5.74) is 6.50. The highest BCUT2D eigenvalue weighted by molar-refractivity contribution is 5.92. The molecule has 4 nitrogen and oxygen atoms in total. The first kappa shape index (κ1) is 15.8. The largest absolute Gasteiger partial charge is 0.491 e. The molecule has 1 amide bonds. The van der Waals surface area contributed by atoms with Crippen LogP contribution in [0.15, 0.2) is 18.2 Å². The number of benzene rings is 1. The number of carbonyl (C=O) groups is 1. The van der Waals surface area contributed by atoms with Crippen molar-refractivity contribution in [2.45, 2.75) is 45.1 Å². The molecular formula is C16H23FN2O2. The molecule has 0 aliphatic heterocycles. The lowest BCUT2D eigenvalue weighted by atomic mass is 10.00. The topological polar surface area (TPSA) is 64.3 Å². The van der Waals surface area contributed by atoms with Crippen LogP contribution in [-0.4, -0.2) is 18.6 Å². The van der Waals surface area contributed by atoms with Crippen molar-refractivity contribution in [3.8, 4) is 5.75 Å². The van der Waals surface area contributed by atoms with Crippen LogP contribution in [0.2, 0.25) is 0 Å². The van der Waals surface area contributed by atoms with Crippen LogP contribution in [0.3, 0.4) is 0 Å². The van der Waals surface area contributed by atoms with Gasteiger partial charge in [-0.3, -0.25) is 4.79 Å². The first-order valence-electron chi connectivity index (χ1n) is 7.58. The normalized spacial score (nSPS) is 21.3. The van der Waals surface area contributed by atoms with Crippen LogP contribution in [0.25, 0.3) is 0 Å². The van der Waals surface area contributed by atoms with Crippen molar-refractivity contribution >= 4 is 11.6 Å². The number of carbonyl (C=O) groups excluding carboxylic acids is 1. The monoisotopic (exact) mass is 294 g/mol. The van der Waals surface area contributed by atoms with Gasteiger partial charge in [0.2, 0.25) is 5.91 Å². The molecule has 3 N–H and O–H groups in total. The standard InChI is InChI=1S/C16H23FN2O2/c1-2-8-21-15-10-12(17)6-7-14(15)19-16(20)9-11-4-3-5-13(11)18/h6-7,10-11,13H,2-5,8-9,18H2,1H3,(H,19,20)/t11-,13+/m0/s1. The highest BCUT2D eigenvalue weighted by Crippen LogP contribution is 2.29. The van der Waals surface area contributed by atoms with E-state index in [1.807, 2.05) is 6.92 Å². The van der Waals surface area contributed by atoms with E-state index in [2.05, 4.69) is 5.32 Å². The summed E-state index contributed by atoms with van der Waals surface area (Å²) in [4.78, 5) is 12.1. The number of anilines is 1. The lowest BCUT2D eigenvalue weighted by Gasteiger charge is -2.16. The molecule has 1 fully saturated rings. The second kappa shape index (κ2) is 7.41. The minimum Gasteiger partial charge on any atom is -0.491 e. The van der Waals surface area contributed by atoms with Crippen LogP contribution in [-0.2, 0) is 4.79 Å². The minimum atomic E-state index is -0.378. The second-order valence-electron chi connectivity index (χ2n) is 5.60. The Labute approximate surface area is 124 Å². The van der Waals surface area contributed by atoms with Crippen LogP contribution < -0.4 is 15.8 Å². The predicted molar refractivity (Wildman–Crippen MR) is 80.7 cm³/mol. The fourth-order valence-corrected chi connectivity index (χ4v) is 2.69. The molecule has 0 bridgehead atoms. The quantitative estimate of drug-likeness (QED) is 0.847. The van der Waals surface area contributed by atoms with Gasteiger partial charge in [0, 0.05) is 18.5 Å². The Kier molecular flexibility index (Phi) is 5.56. The Morgan fingerprint density at radius 1 is 1.48 bits per heavy atom. The Morgan fingerprint density at radius 3 is 2.95 bits per heavy atom. The highest BCUT2D eigenvalue weighted by atomic mass is 19.1. The maximum atomic E-state index is 13.3. The third kappa shape index (κ3) is 4.43. The fraction of sp³-hybridized carbons (Fsp3) is 0.562. The highest BCUT2D eigenvalue weighted by Gasteiger charge is 2.26. The summed E-state index contributed by atoms with van der Waals surface area (Å²) < 4.78 is 18.8. The molecule has 21 heavy (non-hydrogen) atoms. The molecule has 116 valence electrons. The van der Waals surface area contributed by atoms with Crippen molar-refractivity contribution < 1.29 is 13.9 Å². The fourth-order valence-electron chi connectivity index (χ4n) is 2.69. The molecule has 2 rings (SSSR count). The average molecular weight is 294 g/mol. The van der Waals surface area contributed by atoms with Gasteiger partial charge in [-0.25, -0.2) is 4.39 Å². The molecule has 1 aliphatic rings. The van der Waals surface area contributed by atoms with E-state index < -0.39 is 0 Å². The zero-order chi connectivity index (χ0) is 15.2. The third-order valence-corrected chi connectivity index (χ3v) is 3.84. The molecule has 0 aromatic heterocycles. The number of ether oxygens (including phenoxy) is 1. The Hall–Kier alpha value is -1.62. The summed E-state index contributed by atoms with van der Waals surface area (Å²) >= 11 is 0. The lowest BCUT2D eigenvalue weighted by Crippen LogP contribution is -2.28. The van der Waals surface area contributed by atoms with Gasteiger partial charge in [-0.2, -0.15) is 0 Å². The van der Waals surface area contributed by atoms with Crippen LogP contribution in [0.4, 0.5) is 10.1 Å². The van der Waals surface area contributed by atoms with Gasteiger partial charge in [-0.1, -0.05) is 13.3 Å². The Morgan fingerprint density at radius 2 is 2.29 bits per heavy atom.